The van der Waals surface area contributed by atoms with E-state index in [1.807, 2.05) is 6.07 Å². The Kier molecular flexibility index (Phi) is 3.87. The molecule has 3 heterocycles. The highest BCUT2D eigenvalue weighted by atomic mass is 19.1. The largest absolute Gasteiger partial charge is 0.341 e. The van der Waals surface area contributed by atoms with Gasteiger partial charge in [-0.2, -0.15) is 5.10 Å². The minimum atomic E-state index is -0.665. The highest BCUT2D eigenvalue weighted by Crippen LogP contribution is 2.33. The van der Waals surface area contributed by atoms with E-state index >= 15 is 0 Å². The lowest BCUT2D eigenvalue weighted by Crippen LogP contribution is -2.52. The lowest BCUT2D eigenvalue weighted by molar-refractivity contribution is 0.104. The van der Waals surface area contributed by atoms with Crippen LogP contribution in [0.25, 0.3) is 0 Å². The smallest absolute Gasteiger partial charge is 0.322 e. The number of rotatable bonds is 2. The molecule has 128 valence electrons. The summed E-state index contributed by atoms with van der Waals surface area (Å²) in [7, 11) is 0. The second-order valence-corrected chi connectivity index (χ2v) is 6.12. The molecule has 2 aliphatic rings. The fourth-order valence-electron chi connectivity index (χ4n) is 3.15. The topological polar surface area (TPSA) is 61.7 Å². The van der Waals surface area contributed by atoms with Crippen molar-refractivity contribution >= 4 is 12.2 Å². The average Bonchev–Trinajstić information content (AvgIpc) is 3.03. The second kappa shape index (κ2) is 6.19. The van der Waals surface area contributed by atoms with Gasteiger partial charge in [0.05, 0.1) is 11.7 Å². The number of urea groups is 1. The fourth-order valence-corrected chi connectivity index (χ4v) is 3.15. The van der Waals surface area contributed by atoms with Crippen molar-refractivity contribution in [2.45, 2.75) is 18.4 Å². The molecule has 4 rings (SSSR count). The van der Waals surface area contributed by atoms with Crippen molar-refractivity contribution in [3.8, 4) is 0 Å². The van der Waals surface area contributed by atoms with Gasteiger partial charge in [-0.15, -0.1) is 0 Å². The van der Waals surface area contributed by atoms with E-state index in [9.17, 15) is 13.6 Å². The first-order valence-corrected chi connectivity index (χ1v) is 7.94. The zero-order chi connectivity index (χ0) is 17.4. The molecule has 1 saturated heterocycles. The van der Waals surface area contributed by atoms with Crippen LogP contribution in [0.5, 0.6) is 0 Å². The Morgan fingerprint density at radius 2 is 1.92 bits per heavy atom. The lowest BCUT2D eigenvalue weighted by Gasteiger charge is -2.41. The summed E-state index contributed by atoms with van der Waals surface area (Å²) in [6, 6.07) is 4.36. The predicted molar refractivity (Wildman–Crippen MR) is 85.8 cm³/mol. The maximum absolute atomic E-state index is 13.5. The van der Waals surface area contributed by atoms with E-state index in [1.165, 1.54) is 23.5 Å². The van der Waals surface area contributed by atoms with Crippen molar-refractivity contribution in [1.82, 2.24) is 19.9 Å². The van der Waals surface area contributed by atoms with E-state index in [0.717, 1.165) is 11.8 Å². The number of nitrogens with zero attached hydrogens (tertiary/aromatic N) is 5. The number of hydrogen-bond acceptors (Lipinski definition) is 4. The van der Waals surface area contributed by atoms with Crippen LogP contribution in [0.2, 0.25) is 0 Å². The quantitative estimate of drug-likeness (QED) is 0.842. The molecule has 1 aromatic carbocycles. The molecule has 25 heavy (non-hydrogen) atoms. The van der Waals surface area contributed by atoms with Gasteiger partial charge in [0.1, 0.15) is 18.0 Å². The predicted octanol–water partition coefficient (Wildman–Crippen LogP) is 2.71. The maximum Gasteiger partial charge on any atom is 0.341 e. The van der Waals surface area contributed by atoms with Crippen molar-refractivity contribution < 1.29 is 13.6 Å². The van der Waals surface area contributed by atoms with Gasteiger partial charge < -0.3 is 4.90 Å². The summed E-state index contributed by atoms with van der Waals surface area (Å²) in [6.45, 7) is 1.07. The van der Waals surface area contributed by atoms with Gasteiger partial charge in [-0.25, -0.2) is 28.6 Å². The molecule has 1 fully saturated rings. The molecule has 6 nitrogen and oxygen atoms in total. The zero-order valence-corrected chi connectivity index (χ0v) is 13.2. The Labute approximate surface area is 142 Å². The number of hydrogen-bond donors (Lipinski definition) is 0. The van der Waals surface area contributed by atoms with Crippen LogP contribution in [0.4, 0.5) is 13.6 Å². The molecule has 8 heteroatoms. The summed E-state index contributed by atoms with van der Waals surface area (Å²) in [5.41, 5.74) is 1.30. The van der Waals surface area contributed by atoms with Gasteiger partial charge in [-0.05, 0) is 23.8 Å². The Morgan fingerprint density at radius 3 is 2.60 bits per heavy atom. The third-order valence-electron chi connectivity index (χ3n) is 4.47. The van der Waals surface area contributed by atoms with Crippen LogP contribution >= 0.6 is 0 Å². The van der Waals surface area contributed by atoms with Crippen molar-refractivity contribution in [3.05, 3.63) is 59.7 Å². The first-order chi connectivity index (χ1) is 12.1. The summed E-state index contributed by atoms with van der Waals surface area (Å²) >= 11 is 0. The minimum Gasteiger partial charge on any atom is -0.322 e. The average molecular weight is 343 g/mol. The summed E-state index contributed by atoms with van der Waals surface area (Å²) < 4.78 is 27.0. The molecule has 0 unspecified atom stereocenters. The second-order valence-electron chi connectivity index (χ2n) is 6.12. The van der Waals surface area contributed by atoms with E-state index in [2.05, 4.69) is 15.1 Å². The molecule has 0 spiro atoms. The Balaban J connectivity index is 1.46. The molecule has 0 N–H and O–H groups in total. The molecule has 2 aromatic rings. The van der Waals surface area contributed by atoms with Gasteiger partial charge >= 0.3 is 6.03 Å². The number of benzene rings is 1. The van der Waals surface area contributed by atoms with E-state index in [0.29, 0.717) is 25.1 Å². The normalized spacial score (nSPS) is 20.0. The monoisotopic (exact) mass is 343 g/mol. The van der Waals surface area contributed by atoms with Crippen molar-refractivity contribution in [3.63, 3.8) is 0 Å². The summed E-state index contributed by atoms with van der Waals surface area (Å²) in [5, 5.41) is 5.40. The molecular weight excluding hydrogens is 328 g/mol. The number of aromatic nitrogens is 2. The molecule has 0 saturated carbocycles. The highest BCUT2D eigenvalue weighted by molar-refractivity contribution is 5.79. The summed E-state index contributed by atoms with van der Waals surface area (Å²) in [6.07, 6.45) is 5.18. The molecule has 0 aliphatic carbocycles. The Hall–Kier alpha value is -2.90. The van der Waals surface area contributed by atoms with Crippen LogP contribution < -0.4 is 0 Å². The first kappa shape index (κ1) is 15.6. The molecule has 2 amide bonds. The zero-order valence-electron chi connectivity index (χ0n) is 13.2. The van der Waals surface area contributed by atoms with Crippen LogP contribution in [0, 0.1) is 11.6 Å². The number of halogens is 2. The minimum absolute atomic E-state index is 0.170. The third-order valence-corrected chi connectivity index (χ3v) is 4.47. The van der Waals surface area contributed by atoms with Gasteiger partial charge in [-0.1, -0.05) is 0 Å². The van der Waals surface area contributed by atoms with Crippen LogP contribution in [0.15, 0.2) is 41.9 Å². The van der Waals surface area contributed by atoms with Crippen LogP contribution in [-0.2, 0) is 0 Å². The van der Waals surface area contributed by atoms with Gasteiger partial charge in [0, 0.05) is 43.9 Å². The summed E-state index contributed by atoms with van der Waals surface area (Å²) in [4.78, 5) is 22.4. The van der Waals surface area contributed by atoms with Crippen molar-refractivity contribution in [2.75, 3.05) is 13.1 Å². The molecule has 1 aromatic heterocycles. The van der Waals surface area contributed by atoms with Crippen LogP contribution in [0.1, 0.15) is 29.6 Å². The van der Waals surface area contributed by atoms with Crippen LogP contribution in [-0.4, -0.2) is 45.2 Å². The standard InChI is InChI=1S/C17H15F2N5O/c18-13-5-11(6-14(19)7-13)16-2-4-22-24(16)17(25)23-8-12(9-23)15-1-3-20-10-21-15/h1,3-7,10,12,16H,2,8-9H2/t16-/m0/s1. The molecule has 1 atom stereocenters. The number of carbonyl (C=O) groups excluding carboxylic acids is 1. The third kappa shape index (κ3) is 2.95. The fraction of sp³-hybridized carbons (Fsp3) is 0.294. The molecule has 0 bridgehead atoms. The summed E-state index contributed by atoms with van der Waals surface area (Å²) in [5.74, 6) is -1.16. The first-order valence-electron chi connectivity index (χ1n) is 7.94. The van der Waals surface area contributed by atoms with E-state index in [-0.39, 0.29) is 11.9 Å². The van der Waals surface area contributed by atoms with E-state index in [4.69, 9.17) is 0 Å². The lowest BCUT2D eigenvalue weighted by atomic mass is 9.96. The molecule has 2 aliphatic heterocycles. The van der Waals surface area contributed by atoms with Gasteiger partial charge in [-0.3, -0.25) is 0 Å². The number of amides is 2. The SMILES string of the molecule is O=C(N1CC(c2ccncn2)C1)N1N=CC[C@H]1c1cc(F)cc(F)c1. The Bertz CT molecular complexity index is 803. The number of carbonyl (C=O) groups is 1. The van der Waals surface area contributed by atoms with Gasteiger partial charge in [0.15, 0.2) is 0 Å². The number of likely N-dealkylation sites (tertiary alicyclic amines) is 1. The highest BCUT2D eigenvalue weighted by Gasteiger charge is 2.38. The van der Waals surface area contributed by atoms with E-state index < -0.39 is 17.7 Å². The van der Waals surface area contributed by atoms with Gasteiger partial charge in [0.2, 0.25) is 0 Å². The Morgan fingerprint density at radius 1 is 1.16 bits per heavy atom. The van der Waals surface area contributed by atoms with Crippen molar-refractivity contribution in [2.24, 2.45) is 5.10 Å². The van der Waals surface area contributed by atoms with Gasteiger partial charge in [0.25, 0.3) is 0 Å². The number of hydrazone groups is 1. The maximum atomic E-state index is 13.5. The molecular formula is C17H15F2N5O. The van der Waals surface area contributed by atoms with Crippen LogP contribution in [0.3, 0.4) is 0 Å². The molecule has 0 radical (unpaired) electrons. The van der Waals surface area contributed by atoms with Crippen molar-refractivity contribution in [1.29, 1.82) is 0 Å². The van der Waals surface area contributed by atoms with E-state index in [1.54, 1.807) is 17.3 Å².